The Hall–Kier alpha value is -1.98. The third kappa shape index (κ3) is 4.10. The molecule has 0 aliphatic carbocycles. The number of pyridine rings is 1. The largest absolute Gasteiger partial charge is 0.492 e. The molecule has 0 atom stereocenters. The van der Waals surface area contributed by atoms with E-state index in [9.17, 15) is 9.50 Å². The molecule has 0 saturated carbocycles. The van der Waals surface area contributed by atoms with Crippen LogP contribution in [-0.2, 0) is 5.60 Å². The monoisotopic (exact) mass is 330 g/mol. The zero-order valence-electron chi connectivity index (χ0n) is 13.9. The fourth-order valence-corrected chi connectivity index (χ4v) is 2.97. The van der Waals surface area contributed by atoms with Crippen LogP contribution in [0.4, 0.5) is 4.39 Å². The predicted octanol–water partition coefficient (Wildman–Crippen LogP) is 2.89. The van der Waals surface area contributed by atoms with Crippen LogP contribution < -0.4 is 4.74 Å². The molecule has 1 saturated heterocycles. The lowest BCUT2D eigenvalue weighted by Crippen LogP contribution is -2.44. The van der Waals surface area contributed by atoms with Gasteiger partial charge >= 0.3 is 0 Å². The van der Waals surface area contributed by atoms with Gasteiger partial charge in [0, 0.05) is 25.8 Å². The fraction of sp³-hybridized carbons (Fsp3) is 0.421. The Bertz CT molecular complexity index is 650. The van der Waals surface area contributed by atoms with Crippen LogP contribution in [0.1, 0.15) is 24.1 Å². The zero-order valence-corrected chi connectivity index (χ0v) is 13.9. The summed E-state index contributed by atoms with van der Waals surface area (Å²) in [6.07, 6.45) is 3.13. The number of halogens is 1. The van der Waals surface area contributed by atoms with Crippen LogP contribution >= 0.6 is 0 Å². The Morgan fingerprint density at radius 1 is 1.17 bits per heavy atom. The Kier molecular flexibility index (Phi) is 5.11. The second-order valence-corrected chi connectivity index (χ2v) is 6.40. The molecule has 3 rings (SSSR count). The summed E-state index contributed by atoms with van der Waals surface area (Å²) in [5.41, 5.74) is 1.02. The fourth-order valence-electron chi connectivity index (χ4n) is 2.97. The van der Waals surface area contributed by atoms with Crippen molar-refractivity contribution in [2.24, 2.45) is 0 Å². The molecule has 5 heteroatoms. The second kappa shape index (κ2) is 7.28. The van der Waals surface area contributed by atoms with E-state index in [-0.39, 0.29) is 5.82 Å². The van der Waals surface area contributed by atoms with Gasteiger partial charge in [0.15, 0.2) is 0 Å². The number of hydrogen-bond acceptors (Lipinski definition) is 4. The number of benzene rings is 1. The number of nitrogens with zero attached hydrogens (tertiary/aromatic N) is 2. The van der Waals surface area contributed by atoms with Gasteiger partial charge in [0.2, 0.25) is 0 Å². The first-order valence-electron chi connectivity index (χ1n) is 8.31. The average Bonchev–Trinajstić information content (AvgIpc) is 2.59. The van der Waals surface area contributed by atoms with Gasteiger partial charge in [-0.15, -0.1) is 0 Å². The van der Waals surface area contributed by atoms with E-state index in [1.54, 1.807) is 18.3 Å². The van der Waals surface area contributed by atoms with Gasteiger partial charge in [-0.3, -0.25) is 9.88 Å². The van der Waals surface area contributed by atoms with Crippen LogP contribution in [0.3, 0.4) is 0 Å². The molecule has 2 aromatic rings. The maximum atomic E-state index is 12.8. The number of likely N-dealkylation sites (tertiary alicyclic amines) is 1. The van der Waals surface area contributed by atoms with Crippen LogP contribution in [0.25, 0.3) is 0 Å². The summed E-state index contributed by atoms with van der Waals surface area (Å²) in [6, 6.07) is 9.96. The number of aliphatic hydroxyl groups is 1. The highest BCUT2D eigenvalue weighted by molar-refractivity contribution is 5.22. The second-order valence-electron chi connectivity index (χ2n) is 6.40. The van der Waals surface area contributed by atoms with Crippen molar-refractivity contribution in [2.45, 2.75) is 25.4 Å². The van der Waals surface area contributed by atoms with Crippen LogP contribution in [0.5, 0.6) is 5.75 Å². The number of ether oxygens (including phenoxy) is 1. The first-order valence-corrected chi connectivity index (χ1v) is 8.31. The maximum absolute atomic E-state index is 12.8. The molecule has 1 aliphatic rings. The summed E-state index contributed by atoms with van der Waals surface area (Å²) in [4.78, 5) is 6.65. The van der Waals surface area contributed by atoms with Crippen molar-refractivity contribution in [3.8, 4) is 5.75 Å². The van der Waals surface area contributed by atoms with Gasteiger partial charge < -0.3 is 9.84 Å². The van der Waals surface area contributed by atoms with E-state index in [2.05, 4.69) is 9.88 Å². The van der Waals surface area contributed by atoms with Crippen LogP contribution in [0.15, 0.2) is 42.6 Å². The normalized spacial score (nSPS) is 17.6. The van der Waals surface area contributed by atoms with Crippen molar-refractivity contribution in [3.05, 3.63) is 59.7 Å². The van der Waals surface area contributed by atoms with Gasteiger partial charge in [-0.1, -0.05) is 6.07 Å². The van der Waals surface area contributed by atoms with E-state index >= 15 is 0 Å². The Balaban J connectivity index is 1.46. The molecular formula is C19H23FN2O2. The van der Waals surface area contributed by atoms with E-state index in [4.69, 9.17) is 4.74 Å². The predicted molar refractivity (Wildman–Crippen MR) is 90.4 cm³/mol. The van der Waals surface area contributed by atoms with Crippen molar-refractivity contribution < 1.29 is 14.2 Å². The van der Waals surface area contributed by atoms with Crippen molar-refractivity contribution >= 4 is 0 Å². The van der Waals surface area contributed by atoms with E-state index in [0.717, 1.165) is 30.9 Å². The molecule has 24 heavy (non-hydrogen) atoms. The molecule has 1 aliphatic heterocycles. The molecule has 128 valence electrons. The minimum Gasteiger partial charge on any atom is -0.492 e. The van der Waals surface area contributed by atoms with E-state index in [1.807, 2.05) is 19.1 Å². The van der Waals surface area contributed by atoms with Gasteiger partial charge in [0.25, 0.3) is 0 Å². The number of aromatic nitrogens is 1. The van der Waals surface area contributed by atoms with E-state index in [1.165, 1.54) is 12.1 Å². The molecule has 4 nitrogen and oxygen atoms in total. The minimum atomic E-state index is -0.831. The lowest BCUT2D eigenvalue weighted by Gasteiger charge is -2.37. The van der Waals surface area contributed by atoms with Gasteiger partial charge in [-0.05, 0) is 55.7 Å². The molecule has 0 spiro atoms. The number of aryl methyl sites for hydroxylation is 1. The van der Waals surface area contributed by atoms with Crippen molar-refractivity contribution in [1.29, 1.82) is 0 Å². The van der Waals surface area contributed by atoms with Gasteiger partial charge in [-0.2, -0.15) is 0 Å². The van der Waals surface area contributed by atoms with Crippen LogP contribution in [0, 0.1) is 12.7 Å². The quantitative estimate of drug-likeness (QED) is 0.916. The summed E-state index contributed by atoms with van der Waals surface area (Å²) < 4.78 is 18.5. The smallest absolute Gasteiger partial charge is 0.123 e. The SMILES string of the molecule is Cc1ccc(C2(O)CCN(CCOc3ccc(F)cc3)CC2)nc1. The van der Waals surface area contributed by atoms with Gasteiger partial charge in [-0.25, -0.2) is 4.39 Å². The molecule has 0 bridgehead atoms. The molecule has 1 aromatic heterocycles. The lowest BCUT2D eigenvalue weighted by atomic mass is 9.87. The average molecular weight is 330 g/mol. The molecule has 1 N–H and O–H groups in total. The van der Waals surface area contributed by atoms with Crippen LogP contribution in [-0.4, -0.2) is 41.2 Å². The molecule has 0 amide bonds. The maximum Gasteiger partial charge on any atom is 0.123 e. The molecule has 0 radical (unpaired) electrons. The summed E-state index contributed by atoms with van der Waals surface area (Å²) in [5, 5.41) is 10.8. The highest BCUT2D eigenvalue weighted by atomic mass is 19.1. The van der Waals surface area contributed by atoms with Crippen molar-refractivity contribution in [1.82, 2.24) is 9.88 Å². The molecule has 1 aromatic carbocycles. The number of piperidine rings is 1. The summed E-state index contributed by atoms with van der Waals surface area (Å²) >= 11 is 0. The van der Waals surface area contributed by atoms with E-state index < -0.39 is 5.60 Å². The lowest BCUT2D eigenvalue weighted by molar-refractivity contribution is -0.0311. The number of rotatable bonds is 5. The summed E-state index contributed by atoms with van der Waals surface area (Å²) in [5.74, 6) is 0.413. The van der Waals surface area contributed by atoms with Crippen molar-refractivity contribution in [3.63, 3.8) is 0 Å². The molecule has 1 fully saturated rings. The summed E-state index contributed by atoms with van der Waals surface area (Å²) in [6.45, 7) is 4.93. The van der Waals surface area contributed by atoms with Crippen LogP contribution in [0.2, 0.25) is 0 Å². The highest BCUT2D eigenvalue weighted by Crippen LogP contribution is 2.31. The molecular weight excluding hydrogens is 307 g/mol. The first kappa shape index (κ1) is 16.9. The summed E-state index contributed by atoms with van der Waals surface area (Å²) in [7, 11) is 0. The Morgan fingerprint density at radius 2 is 1.88 bits per heavy atom. The standard InChI is InChI=1S/C19H23FN2O2/c1-15-2-7-18(21-14-15)19(23)8-10-22(11-9-19)12-13-24-17-5-3-16(20)4-6-17/h2-7,14,23H,8-13H2,1H3. The molecule has 2 heterocycles. The van der Waals surface area contributed by atoms with Gasteiger partial charge in [0.05, 0.1) is 5.69 Å². The topological polar surface area (TPSA) is 45.6 Å². The van der Waals surface area contributed by atoms with Gasteiger partial charge in [0.1, 0.15) is 23.8 Å². The first-order chi connectivity index (χ1) is 11.5. The van der Waals surface area contributed by atoms with Crippen molar-refractivity contribution in [2.75, 3.05) is 26.2 Å². The minimum absolute atomic E-state index is 0.262. The Labute approximate surface area is 141 Å². The molecule has 0 unspecified atom stereocenters. The Morgan fingerprint density at radius 3 is 2.50 bits per heavy atom. The number of hydrogen-bond donors (Lipinski definition) is 1. The zero-order chi connectivity index (χ0) is 17.0. The third-order valence-corrected chi connectivity index (χ3v) is 4.56. The highest BCUT2D eigenvalue weighted by Gasteiger charge is 2.34. The third-order valence-electron chi connectivity index (χ3n) is 4.56. The van der Waals surface area contributed by atoms with E-state index in [0.29, 0.717) is 25.2 Å².